The molecule has 2 heterocycles. The second-order valence-electron chi connectivity index (χ2n) is 4.02. The summed E-state index contributed by atoms with van der Waals surface area (Å²) < 4.78 is 2.01. The minimum atomic E-state index is 0.412. The number of imidazole rings is 1. The first-order valence-electron chi connectivity index (χ1n) is 5.57. The Balaban J connectivity index is 2.44. The summed E-state index contributed by atoms with van der Waals surface area (Å²) in [6, 6.07) is 2.02. The Bertz CT molecular complexity index is 473. The molecule has 0 saturated carbocycles. The fourth-order valence-electron chi connectivity index (χ4n) is 1.61. The van der Waals surface area contributed by atoms with Gasteiger partial charge in [-0.15, -0.1) is 0 Å². The van der Waals surface area contributed by atoms with Gasteiger partial charge in [-0.25, -0.2) is 15.0 Å². The Morgan fingerprint density at radius 1 is 1.25 bits per heavy atom. The van der Waals surface area contributed by atoms with E-state index in [2.05, 4.69) is 35.7 Å². The smallest absolute Gasteiger partial charge is 0.141 e. The maximum atomic E-state index is 4.29. The zero-order valence-corrected chi connectivity index (χ0v) is 9.88. The minimum Gasteiger partial charge on any atom is -0.288 e. The number of hydrogen-bond donors (Lipinski definition) is 0. The molecule has 0 atom stereocenters. The molecule has 0 amide bonds. The lowest BCUT2D eigenvalue weighted by atomic mass is 10.1. The molecule has 0 saturated heterocycles. The SMILES string of the molecule is CCc1nccn1-c1cc(C(C)C)ncn1. The Morgan fingerprint density at radius 3 is 2.75 bits per heavy atom. The van der Waals surface area contributed by atoms with Crippen molar-refractivity contribution in [2.24, 2.45) is 0 Å². The third kappa shape index (κ3) is 1.96. The molecule has 0 fully saturated rings. The van der Waals surface area contributed by atoms with E-state index in [0.29, 0.717) is 5.92 Å². The Labute approximate surface area is 95.4 Å². The quantitative estimate of drug-likeness (QED) is 0.791. The van der Waals surface area contributed by atoms with Crippen molar-refractivity contribution in [3.05, 3.63) is 36.3 Å². The van der Waals surface area contributed by atoms with Crippen LogP contribution in [0.5, 0.6) is 0 Å². The van der Waals surface area contributed by atoms with Crippen LogP contribution in [0.2, 0.25) is 0 Å². The molecule has 84 valence electrons. The van der Waals surface area contributed by atoms with Crippen molar-refractivity contribution >= 4 is 0 Å². The van der Waals surface area contributed by atoms with Crippen LogP contribution in [0.1, 0.15) is 38.2 Å². The average Bonchev–Trinajstić information content (AvgIpc) is 2.77. The van der Waals surface area contributed by atoms with Gasteiger partial charge < -0.3 is 0 Å². The molecule has 0 unspecified atom stereocenters. The van der Waals surface area contributed by atoms with E-state index >= 15 is 0 Å². The van der Waals surface area contributed by atoms with Crippen LogP contribution in [0.3, 0.4) is 0 Å². The molecule has 0 radical (unpaired) electrons. The molecular formula is C12H16N4. The third-order valence-electron chi connectivity index (χ3n) is 2.55. The van der Waals surface area contributed by atoms with Gasteiger partial charge in [-0.2, -0.15) is 0 Å². The monoisotopic (exact) mass is 216 g/mol. The Hall–Kier alpha value is -1.71. The molecule has 16 heavy (non-hydrogen) atoms. The predicted molar refractivity (Wildman–Crippen MR) is 62.6 cm³/mol. The molecule has 0 aromatic carbocycles. The number of hydrogen-bond acceptors (Lipinski definition) is 3. The molecule has 4 nitrogen and oxygen atoms in total. The van der Waals surface area contributed by atoms with E-state index in [9.17, 15) is 0 Å². The van der Waals surface area contributed by atoms with Gasteiger partial charge >= 0.3 is 0 Å². The summed E-state index contributed by atoms with van der Waals surface area (Å²) in [6.07, 6.45) is 6.25. The van der Waals surface area contributed by atoms with Crippen LogP contribution >= 0.6 is 0 Å². The van der Waals surface area contributed by atoms with Crippen molar-refractivity contribution in [3.63, 3.8) is 0 Å². The highest BCUT2D eigenvalue weighted by atomic mass is 15.1. The lowest BCUT2D eigenvalue weighted by molar-refractivity contribution is 0.794. The van der Waals surface area contributed by atoms with Crippen LogP contribution in [-0.2, 0) is 6.42 Å². The second-order valence-corrected chi connectivity index (χ2v) is 4.02. The average molecular weight is 216 g/mol. The van der Waals surface area contributed by atoms with Gasteiger partial charge in [0.1, 0.15) is 18.0 Å². The fraction of sp³-hybridized carbons (Fsp3) is 0.417. The summed E-state index contributed by atoms with van der Waals surface area (Å²) in [4.78, 5) is 12.8. The molecule has 0 spiro atoms. The summed E-state index contributed by atoms with van der Waals surface area (Å²) in [5, 5.41) is 0. The van der Waals surface area contributed by atoms with E-state index in [1.54, 1.807) is 12.5 Å². The van der Waals surface area contributed by atoms with Gasteiger partial charge in [-0.1, -0.05) is 20.8 Å². The van der Waals surface area contributed by atoms with Crippen LogP contribution in [-0.4, -0.2) is 19.5 Å². The van der Waals surface area contributed by atoms with Crippen LogP contribution in [0.15, 0.2) is 24.8 Å². The molecule has 2 aromatic rings. The van der Waals surface area contributed by atoms with Gasteiger partial charge in [-0.3, -0.25) is 4.57 Å². The molecule has 0 aliphatic rings. The normalized spacial score (nSPS) is 11.0. The van der Waals surface area contributed by atoms with E-state index in [1.807, 2.05) is 16.8 Å². The maximum Gasteiger partial charge on any atom is 0.141 e. The molecular weight excluding hydrogens is 200 g/mol. The molecule has 0 N–H and O–H groups in total. The first-order chi connectivity index (χ1) is 7.72. The van der Waals surface area contributed by atoms with E-state index in [1.165, 1.54) is 0 Å². The van der Waals surface area contributed by atoms with E-state index < -0.39 is 0 Å². The predicted octanol–water partition coefficient (Wildman–Crippen LogP) is 2.35. The summed E-state index contributed by atoms with van der Waals surface area (Å²) in [5.74, 6) is 2.33. The van der Waals surface area contributed by atoms with Gasteiger partial charge in [0.25, 0.3) is 0 Å². The summed E-state index contributed by atoms with van der Waals surface area (Å²) >= 11 is 0. The molecule has 0 aliphatic heterocycles. The Kier molecular flexibility index (Phi) is 2.99. The molecule has 0 aliphatic carbocycles. The highest BCUT2D eigenvalue weighted by Crippen LogP contribution is 2.14. The van der Waals surface area contributed by atoms with Crippen molar-refractivity contribution in [1.82, 2.24) is 19.5 Å². The largest absolute Gasteiger partial charge is 0.288 e. The zero-order valence-electron chi connectivity index (χ0n) is 9.88. The van der Waals surface area contributed by atoms with Gasteiger partial charge in [-0.05, 0) is 5.92 Å². The highest BCUT2D eigenvalue weighted by molar-refractivity contribution is 5.27. The molecule has 2 rings (SSSR count). The topological polar surface area (TPSA) is 43.6 Å². The van der Waals surface area contributed by atoms with Crippen molar-refractivity contribution < 1.29 is 0 Å². The first kappa shape index (κ1) is 10.8. The summed E-state index contributed by atoms with van der Waals surface area (Å²) in [5.41, 5.74) is 1.06. The maximum absolute atomic E-state index is 4.29. The van der Waals surface area contributed by atoms with Crippen molar-refractivity contribution in [2.45, 2.75) is 33.1 Å². The molecule has 2 aromatic heterocycles. The molecule has 4 heteroatoms. The van der Waals surface area contributed by atoms with E-state index in [4.69, 9.17) is 0 Å². The zero-order chi connectivity index (χ0) is 11.5. The number of nitrogens with zero attached hydrogens (tertiary/aromatic N) is 4. The standard InChI is InChI=1S/C12H16N4/c1-4-11-13-5-6-16(11)12-7-10(9(2)3)14-8-15-12/h5-9H,4H2,1-3H3. The van der Waals surface area contributed by atoms with Crippen molar-refractivity contribution in [2.75, 3.05) is 0 Å². The number of aryl methyl sites for hydroxylation is 1. The second kappa shape index (κ2) is 4.43. The van der Waals surface area contributed by atoms with Crippen LogP contribution in [0.25, 0.3) is 5.82 Å². The first-order valence-corrected chi connectivity index (χ1v) is 5.57. The van der Waals surface area contributed by atoms with E-state index in [0.717, 1.165) is 23.8 Å². The van der Waals surface area contributed by atoms with Gasteiger partial charge in [0.15, 0.2) is 0 Å². The highest BCUT2D eigenvalue weighted by Gasteiger charge is 2.07. The number of aromatic nitrogens is 4. The lowest BCUT2D eigenvalue weighted by Crippen LogP contribution is -2.04. The lowest BCUT2D eigenvalue weighted by Gasteiger charge is -2.08. The van der Waals surface area contributed by atoms with Gasteiger partial charge in [0.05, 0.1) is 0 Å². The fourth-order valence-corrected chi connectivity index (χ4v) is 1.61. The van der Waals surface area contributed by atoms with E-state index in [-0.39, 0.29) is 0 Å². The Morgan fingerprint density at radius 2 is 2.06 bits per heavy atom. The van der Waals surface area contributed by atoms with Crippen LogP contribution < -0.4 is 0 Å². The summed E-state index contributed by atoms with van der Waals surface area (Å²) in [7, 11) is 0. The number of rotatable bonds is 3. The van der Waals surface area contributed by atoms with Gasteiger partial charge in [0.2, 0.25) is 0 Å². The summed E-state index contributed by atoms with van der Waals surface area (Å²) in [6.45, 7) is 6.34. The van der Waals surface area contributed by atoms with Crippen LogP contribution in [0, 0.1) is 0 Å². The minimum absolute atomic E-state index is 0.412. The molecule has 0 bridgehead atoms. The third-order valence-corrected chi connectivity index (χ3v) is 2.55. The van der Waals surface area contributed by atoms with Crippen molar-refractivity contribution in [1.29, 1.82) is 0 Å². The van der Waals surface area contributed by atoms with Crippen LogP contribution in [0.4, 0.5) is 0 Å². The van der Waals surface area contributed by atoms with Crippen molar-refractivity contribution in [3.8, 4) is 5.82 Å². The van der Waals surface area contributed by atoms with Gasteiger partial charge in [0, 0.05) is 30.6 Å².